The van der Waals surface area contributed by atoms with Crippen LogP contribution in [0.3, 0.4) is 0 Å². The first-order chi connectivity index (χ1) is 9.58. The average Bonchev–Trinajstić information content (AvgIpc) is 2.45. The maximum absolute atomic E-state index is 5.97. The van der Waals surface area contributed by atoms with E-state index in [2.05, 4.69) is 45.0 Å². The fourth-order valence-corrected chi connectivity index (χ4v) is 2.05. The van der Waals surface area contributed by atoms with Crippen molar-refractivity contribution in [1.82, 2.24) is 0 Å². The highest BCUT2D eigenvalue weighted by molar-refractivity contribution is 5.38. The van der Waals surface area contributed by atoms with Crippen molar-refractivity contribution in [3.63, 3.8) is 0 Å². The van der Waals surface area contributed by atoms with Crippen LogP contribution in [-0.4, -0.2) is 6.04 Å². The maximum Gasteiger partial charge on any atom is 0.127 e. The number of ether oxygens (including phenoxy) is 1. The Morgan fingerprint density at radius 3 is 2.20 bits per heavy atom. The van der Waals surface area contributed by atoms with E-state index in [1.54, 1.807) is 0 Å². The summed E-state index contributed by atoms with van der Waals surface area (Å²) in [5.41, 5.74) is 9.74. The topological polar surface area (TPSA) is 35.2 Å². The lowest BCUT2D eigenvalue weighted by Gasteiger charge is -2.11. The van der Waals surface area contributed by atoms with Crippen molar-refractivity contribution in [3.05, 3.63) is 59.2 Å². The van der Waals surface area contributed by atoms with Gasteiger partial charge in [-0.3, -0.25) is 0 Å². The van der Waals surface area contributed by atoms with Gasteiger partial charge in [0.2, 0.25) is 0 Å². The molecule has 2 rings (SSSR count). The second-order valence-electron chi connectivity index (χ2n) is 5.36. The van der Waals surface area contributed by atoms with Crippen molar-refractivity contribution in [2.75, 3.05) is 0 Å². The molecular weight excluding hydrogens is 246 g/mol. The van der Waals surface area contributed by atoms with Crippen LogP contribution in [0, 0.1) is 13.8 Å². The lowest BCUT2D eigenvalue weighted by atomic mass is 10.0. The van der Waals surface area contributed by atoms with Gasteiger partial charge in [-0.1, -0.05) is 25.1 Å². The Morgan fingerprint density at radius 1 is 0.950 bits per heavy atom. The number of nitrogens with two attached hydrogens (primary N) is 1. The molecule has 0 saturated heterocycles. The number of benzene rings is 2. The van der Waals surface area contributed by atoms with Gasteiger partial charge in [0.05, 0.1) is 0 Å². The summed E-state index contributed by atoms with van der Waals surface area (Å²) in [6, 6.07) is 14.6. The molecule has 1 unspecified atom stereocenters. The van der Waals surface area contributed by atoms with E-state index in [0.717, 1.165) is 24.3 Å². The van der Waals surface area contributed by atoms with Crippen LogP contribution >= 0.6 is 0 Å². The van der Waals surface area contributed by atoms with Crippen molar-refractivity contribution in [1.29, 1.82) is 0 Å². The Hall–Kier alpha value is -1.80. The van der Waals surface area contributed by atoms with Crippen molar-refractivity contribution in [3.8, 4) is 11.5 Å². The summed E-state index contributed by atoms with van der Waals surface area (Å²) in [7, 11) is 0. The Bertz CT molecular complexity index is 560. The third kappa shape index (κ3) is 3.84. The first kappa shape index (κ1) is 14.6. The molecule has 106 valence electrons. The van der Waals surface area contributed by atoms with Gasteiger partial charge in [0, 0.05) is 6.04 Å². The number of hydrogen-bond acceptors (Lipinski definition) is 2. The van der Waals surface area contributed by atoms with Crippen LogP contribution in [0.5, 0.6) is 11.5 Å². The molecule has 0 fully saturated rings. The van der Waals surface area contributed by atoms with Crippen molar-refractivity contribution in [2.24, 2.45) is 5.73 Å². The van der Waals surface area contributed by atoms with Gasteiger partial charge >= 0.3 is 0 Å². The zero-order chi connectivity index (χ0) is 14.5. The first-order valence-corrected chi connectivity index (χ1v) is 7.18. The van der Waals surface area contributed by atoms with Crippen LogP contribution in [0.1, 0.15) is 30.0 Å². The molecule has 1 atom stereocenters. The van der Waals surface area contributed by atoms with Crippen LogP contribution in [0.25, 0.3) is 0 Å². The molecule has 0 aliphatic rings. The molecular formula is C18H23NO. The second kappa shape index (κ2) is 6.58. The molecule has 2 aromatic rings. The van der Waals surface area contributed by atoms with Crippen LogP contribution in [0.15, 0.2) is 42.5 Å². The Balaban J connectivity index is 2.04. The highest BCUT2D eigenvalue weighted by Gasteiger charge is 2.03. The van der Waals surface area contributed by atoms with Crippen LogP contribution in [-0.2, 0) is 6.42 Å². The minimum Gasteiger partial charge on any atom is -0.457 e. The van der Waals surface area contributed by atoms with Gasteiger partial charge in [0.15, 0.2) is 0 Å². The predicted molar refractivity (Wildman–Crippen MR) is 84.4 cm³/mol. The second-order valence-corrected chi connectivity index (χ2v) is 5.36. The highest BCUT2D eigenvalue weighted by atomic mass is 16.5. The zero-order valence-corrected chi connectivity index (χ0v) is 12.5. The van der Waals surface area contributed by atoms with E-state index in [1.165, 1.54) is 16.7 Å². The molecule has 0 aliphatic carbocycles. The number of rotatable bonds is 5. The van der Waals surface area contributed by atoms with E-state index >= 15 is 0 Å². The monoisotopic (exact) mass is 269 g/mol. The van der Waals surface area contributed by atoms with Gasteiger partial charge in [0.1, 0.15) is 11.5 Å². The summed E-state index contributed by atoms with van der Waals surface area (Å²) in [5, 5.41) is 0. The van der Waals surface area contributed by atoms with Gasteiger partial charge in [-0.05, 0) is 67.6 Å². The standard InChI is InChI=1S/C18H23NO/c1-4-16(19)12-15-6-9-17(10-7-15)20-18-8-5-13(2)14(3)11-18/h5-11,16H,4,12,19H2,1-3H3. The minimum absolute atomic E-state index is 0.238. The fourth-order valence-electron chi connectivity index (χ4n) is 2.05. The van der Waals surface area contributed by atoms with E-state index in [-0.39, 0.29) is 6.04 Å². The summed E-state index contributed by atoms with van der Waals surface area (Å²) in [4.78, 5) is 0. The van der Waals surface area contributed by atoms with Gasteiger partial charge in [-0.25, -0.2) is 0 Å². The van der Waals surface area contributed by atoms with Gasteiger partial charge in [-0.15, -0.1) is 0 Å². The molecule has 0 heterocycles. The highest BCUT2D eigenvalue weighted by Crippen LogP contribution is 2.24. The smallest absolute Gasteiger partial charge is 0.127 e. The lowest BCUT2D eigenvalue weighted by Crippen LogP contribution is -2.21. The molecule has 20 heavy (non-hydrogen) atoms. The van der Waals surface area contributed by atoms with Crippen molar-refractivity contribution < 1.29 is 4.74 Å². The summed E-state index contributed by atoms with van der Waals surface area (Å²) in [5.74, 6) is 1.74. The molecule has 0 radical (unpaired) electrons. The molecule has 2 N–H and O–H groups in total. The van der Waals surface area contributed by atoms with Crippen LogP contribution in [0.2, 0.25) is 0 Å². The third-order valence-corrected chi connectivity index (χ3v) is 3.66. The Labute approximate surface area is 121 Å². The molecule has 0 aliphatic heterocycles. The normalized spacial score (nSPS) is 12.2. The van der Waals surface area contributed by atoms with E-state index < -0.39 is 0 Å². The van der Waals surface area contributed by atoms with E-state index in [9.17, 15) is 0 Å². The van der Waals surface area contributed by atoms with Gasteiger partial charge in [0.25, 0.3) is 0 Å². The molecule has 2 heteroatoms. The Morgan fingerprint density at radius 2 is 1.60 bits per heavy atom. The molecule has 0 spiro atoms. The molecule has 2 nitrogen and oxygen atoms in total. The molecule has 0 saturated carbocycles. The number of aryl methyl sites for hydroxylation is 2. The molecule has 0 aromatic heterocycles. The number of hydrogen-bond donors (Lipinski definition) is 1. The van der Waals surface area contributed by atoms with E-state index in [0.29, 0.717) is 0 Å². The maximum atomic E-state index is 5.97. The van der Waals surface area contributed by atoms with Crippen LogP contribution < -0.4 is 10.5 Å². The summed E-state index contributed by atoms with van der Waals surface area (Å²) >= 11 is 0. The summed E-state index contributed by atoms with van der Waals surface area (Å²) in [6.45, 7) is 6.31. The summed E-state index contributed by atoms with van der Waals surface area (Å²) in [6.07, 6.45) is 1.92. The fraction of sp³-hybridized carbons (Fsp3) is 0.333. The molecule has 2 aromatic carbocycles. The largest absolute Gasteiger partial charge is 0.457 e. The quantitative estimate of drug-likeness (QED) is 0.874. The molecule has 0 bridgehead atoms. The molecule has 0 amide bonds. The average molecular weight is 269 g/mol. The first-order valence-electron chi connectivity index (χ1n) is 7.18. The van der Waals surface area contributed by atoms with Crippen LogP contribution in [0.4, 0.5) is 0 Å². The minimum atomic E-state index is 0.238. The Kier molecular flexibility index (Phi) is 4.80. The van der Waals surface area contributed by atoms with E-state index in [1.807, 2.05) is 18.2 Å². The van der Waals surface area contributed by atoms with Crippen molar-refractivity contribution >= 4 is 0 Å². The van der Waals surface area contributed by atoms with E-state index in [4.69, 9.17) is 10.5 Å². The van der Waals surface area contributed by atoms with Gasteiger partial charge in [-0.2, -0.15) is 0 Å². The van der Waals surface area contributed by atoms with Gasteiger partial charge < -0.3 is 10.5 Å². The predicted octanol–water partition coefficient (Wildman–Crippen LogP) is 4.38. The third-order valence-electron chi connectivity index (χ3n) is 3.66. The zero-order valence-electron chi connectivity index (χ0n) is 12.5. The lowest BCUT2D eigenvalue weighted by molar-refractivity contribution is 0.481. The summed E-state index contributed by atoms with van der Waals surface area (Å²) < 4.78 is 5.87. The van der Waals surface area contributed by atoms with Crippen molar-refractivity contribution in [2.45, 2.75) is 39.7 Å². The SMILES string of the molecule is CCC(N)Cc1ccc(Oc2ccc(C)c(C)c2)cc1.